The lowest BCUT2D eigenvalue weighted by Gasteiger charge is -2.39. The van der Waals surface area contributed by atoms with Crippen LogP contribution in [0.1, 0.15) is 66.0 Å². The molecular formula is C34H46ClN7O4Si. The SMILES string of the molecule is CC(C)(C)OC(=O)N1C[C@](C)(CO[Si](C)(C)C(C)(C)C)c2cc(-c3ccnc(Nc4cc(Cl)nn4CC4CCOC4)n3)cc(C#N)c21. The zero-order valence-electron chi connectivity index (χ0n) is 28.9. The molecule has 13 heteroatoms. The van der Waals surface area contributed by atoms with E-state index in [1.54, 1.807) is 29.3 Å². The van der Waals surface area contributed by atoms with Crippen LogP contribution in [0.2, 0.25) is 23.3 Å². The van der Waals surface area contributed by atoms with Crippen LogP contribution in [0.3, 0.4) is 0 Å². The Balaban J connectivity index is 1.52. The predicted octanol–water partition coefficient (Wildman–Crippen LogP) is 7.68. The van der Waals surface area contributed by atoms with Crippen molar-refractivity contribution in [1.82, 2.24) is 19.7 Å². The Morgan fingerprint density at radius 2 is 1.98 bits per heavy atom. The first-order valence-electron chi connectivity index (χ1n) is 16.0. The molecule has 5 rings (SSSR count). The number of nitrogens with zero attached hydrogens (tertiary/aromatic N) is 6. The number of benzene rings is 1. The molecule has 0 saturated carbocycles. The van der Waals surface area contributed by atoms with Crippen molar-refractivity contribution < 1.29 is 18.7 Å². The minimum Gasteiger partial charge on any atom is -0.443 e. The van der Waals surface area contributed by atoms with Gasteiger partial charge in [-0.15, -0.1) is 0 Å². The highest BCUT2D eigenvalue weighted by molar-refractivity contribution is 6.74. The lowest BCUT2D eigenvalue weighted by atomic mass is 9.83. The number of halogens is 1. The van der Waals surface area contributed by atoms with Gasteiger partial charge in [-0.25, -0.2) is 19.4 Å². The Hall–Kier alpha value is -3.50. The molecular weight excluding hydrogens is 634 g/mol. The van der Waals surface area contributed by atoms with Gasteiger partial charge in [0.15, 0.2) is 13.5 Å². The van der Waals surface area contributed by atoms with E-state index >= 15 is 0 Å². The van der Waals surface area contributed by atoms with Gasteiger partial charge >= 0.3 is 6.09 Å². The van der Waals surface area contributed by atoms with Gasteiger partial charge in [0.05, 0.1) is 23.6 Å². The van der Waals surface area contributed by atoms with Crippen LogP contribution >= 0.6 is 11.6 Å². The molecule has 2 aliphatic rings. The quantitative estimate of drug-likeness (QED) is 0.238. The fourth-order valence-electron chi connectivity index (χ4n) is 5.58. The predicted molar refractivity (Wildman–Crippen MR) is 186 cm³/mol. The summed E-state index contributed by atoms with van der Waals surface area (Å²) in [6.07, 6.45) is 2.14. The second-order valence-electron chi connectivity index (χ2n) is 15.4. The molecule has 1 aromatic carbocycles. The van der Waals surface area contributed by atoms with Crippen molar-refractivity contribution in [2.75, 3.05) is 36.6 Å². The van der Waals surface area contributed by atoms with E-state index in [1.165, 1.54) is 0 Å². The molecule has 2 aromatic heterocycles. The third-order valence-electron chi connectivity index (χ3n) is 9.23. The normalized spacial score (nSPS) is 19.9. The minimum absolute atomic E-state index is 0.00412. The Labute approximate surface area is 283 Å². The first-order valence-corrected chi connectivity index (χ1v) is 19.3. The van der Waals surface area contributed by atoms with Crippen molar-refractivity contribution in [2.24, 2.45) is 5.92 Å². The topological polar surface area (TPSA) is 127 Å². The first kappa shape index (κ1) is 34.8. The summed E-state index contributed by atoms with van der Waals surface area (Å²) in [6.45, 7) is 21.4. The number of hydrogen-bond acceptors (Lipinski definition) is 9. The van der Waals surface area contributed by atoms with E-state index in [0.717, 1.165) is 24.2 Å². The van der Waals surface area contributed by atoms with Gasteiger partial charge in [-0.1, -0.05) is 39.3 Å². The zero-order valence-corrected chi connectivity index (χ0v) is 30.7. The molecule has 11 nitrogen and oxygen atoms in total. The number of aromatic nitrogens is 4. The Morgan fingerprint density at radius 3 is 2.62 bits per heavy atom. The standard InChI is InChI=1S/C34H46ClN7O4Si/c1-32(2,3)46-31(43)41-20-34(7,21-45-47(8,9)33(4,5)6)25-15-23(14-24(17-36)29(25)41)26-10-12-37-30(38-26)39-28-16-27(35)40-42(28)18-22-11-13-44-19-22/h10,12,14-16,22H,11,13,18-21H2,1-9H3,(H,37,38,39)/t22?,34-/m1/s1. The summed E-state index contributed by atoms with van der Waals surface area (Å²) in [4.78, 5) is 24.4. The van der Waals surface area contributed by atoms with E-state index in [0.29, 0.717) is 66.1 Å². The van der Waals surface area contributed by atoms with Gasteiger partial charge < -0.3 is 19.2 Å². The summed E-state index contributed by atoms with van der Waals surface area (Å²) in [5, 5.41) is 18.5. The molecule has 2 aliphatic heterocycles. The molecule has 0 aliphatic carbocycles. The highest BCUT2D eigenvalue weighted by Gasteiger charge is 2.47. The maximum absolute atomic E-state index is 13.6. The fourth-order valence-corrected chi connectivity index (χ4v) is 6.88. The maximum atomic E-state index is 13.6. The van der Waals surface area contributed by atoms with Crippen LogP contribution in [0.4, 0.5) is 22.2 Å². The summed E-state index contributed by atoms with van der Waals surface area (Å²) < 4.78 is 19.9. The molecule has 0 radical (unpaired) electrons. The van der Waals surface area contributed by atoms with E-state index in [-0.39, 0.29) is 5.04 Å². The van der Waals surface area contributed by atoms with Crippen molar-refractivity contribution >= 4 is 43.5 Å². The number of ether oxygens (including phenoxy) is 2. The minimum atomic E-state index is -2.14. The number of rotatable bonds is 8. The molecule has 47 heavy (non-hydrogen) atoms. The number of amides is 1. The number of carbonyl (C=O) groups is 1. The number of hydrogen-bond donors (Lipinski definition) is 1. The molecule has 0 bridgehead atoms. The zero-order chi connectivity index (χ0) is 34.4. The van der Waals surface area contributed by atoms with Crippen molar-refractivity contribution in [3.8, 4) is 17.3 Å². The first-order chi connectivity index (χ1) is 21.9. The largest absolute Gasteiger partial charge is 0.443 e. The van der Waals surface area contributed by atoms with Crippen LogP contribution in [-0.4, -0.2) is 66.1 Å². The maximum Gasteiger partial charge on any atom is 0.414 e. The smallest absolute Gasteiger partial charge is 0.414 e. The Kier molecular flexibility index (Phi) is 9.51. The average Bonchev–Trinajstić information content (AvgIpc) is 3.69. The van der Waals surface area contributed by atoms with Gasteiger partial charge in [-0.05, 0) is 69.1 Å². The van der Waals surface area contributed by atoms with E-state index in [4.69, 9.17) is 30.5 Å². The summed E-state index contributed by atoms with van der Waals surface area (Å²) >= 11 is 6.29. The van der Waals surface area contributed by atoms with E-state index < -0.39 is 25.4 Å². The summed E-state index contributed by atoms with van der Waals surface area (Å²) in [5.74, 6) is 1.39. The van der Waals surface area contributed by atoms with Crippen LogP contribution in [0.15, 0.2) is 30.5 Å². The lowest BCUT2D eigenvalue weighted by Crippen LogP contribution is -2.46. The highest BCUT2D eigenvalue weighted by Crippen LogP contribution is 2.47. The second kappa shape index (κ2) is 12.8. The van der Waals surface area contributed by atoms with Gasteiger partial charge in [-0.3, -0.25) is 4.90 Å². The molecule has 1 saturated heterocycles. The molecule has 1 unspecified atom stereocenters. The molecule has 1 fully saturated rings. The third-order valence-corrected chi connectivity index (χ3v) is 13.9. The molecule has 252 valence electrons. The number of nitriles is 1. The molecule has 2 atom stereocenters. The molecule has 1 N–H and O–H groups in total. The number of nitrogens with one attached hydrogen (secondary N) is 1. The molecule has 0 spiro atoms. The van der Waals surface area contributed by atoms with Crippen molar-refractivity contribution in [3.05, 3.63) is 46.7 Å². The average molecular weight is 680 g/mol. The van der Waals surface area contributed by atoms with E-state index in [1.807, 2.05) is 31.5 Å². The summed E-state index contributed by atoms with van der Waals surface area (Å²) in [6, 6.07) is 9.68. The number of fused-ring (bicyclic) bond motifs is 1. The molecule has 4 heterocycles. The van der Waals surface area contributed by atoms with E-state index in [2.05, 4.69) is 62.3 Å². The molecule has 1 amide bonds. The van der Waals surface area contributed by atoms with Crippen LogP contribution in [0.25, 0.3) is 11.3 Å². The molecule has 3 aromatic rings. The summed E-state index contributed by atoms with van der Waals surface area (Å²) in [5.41, 5.74) is 1.79. The van der Waals surface area contributed by atoms with Gasteiger partial charge in [0.2, 0.25) is 5.95 Å². The van der Waals surface area contributed by atoms with Crippen LogP contribution < -0.4 is 10.2 Å². The van der Waals surface area contributed by atoms with Crippen molar-refractivity contribution in [1.29, 1.82) is 5.26 Å². The second-order valence-corrected chi connectivity index (χ2v) is 20.6. The Morgan fingerprint density at radius 1 is 1.23 bits per heavy atom. The van der Waals surface area contributed by atoms with Crippen molar-refractivity contribution in [3.63, 3.8) is 0 Å². The van der Waals surface area contributed by atoms with Gasteiger partial charge in [0.1, 0.15) is 17.5 Å². The van der Waals surface area contributed by atoms with Gasteiger partial charge in [0.25, 0.3) is 0 Å². The van der Waals surface area contributed by atoms with Crippen LogP contribution in [0, 0.1) is 17.2 Å². The fraction of sp³-hybridized carbons (Fsp3) is 0.559. The lowest BCUT2D eigenvalue weighted by molar-refractivity contribution is 0.0575. The van der Waals surface area contributed by atoms with E-state index in [9.17, 15) is 10.1 Å². The number of carbonyl (C=O) groups excluding carboxylic acids is 1. The number of anilines is 3. The van der Waals surface area contributed by atoms with Crippen molar-refractivity contribution in [2.45, 2.75) is 90.6 Å². The van der Waals surface area contributed by atoms with Crippen LogP contribution in [0.5, 0.6) is 0 Å². The van der Waals surface area contributed by atoms with Crippen LogP contribution in [-0.2, 0) is 25.9 Å². The highest BCUT2D eigenvalue weighted by atomic mass is 35.5. The monoisotopic (exact) mass is 679 g/mol. The summed E-state index contributed by atoms with van der Waals surface area (Å²) in [7, 11) is -2.14. The third kappa shape index (κ3) is 7.64. The van der Waals surface area contributed by atoms with Gasteiger partial charge in [-0.2, -0.15) is 10.4 Å². The van der Waals surface area contributed by atoms with Gasteiger partial charge in [0, 0.05) is 55.5 Å². The Bertz CT molecular complexity index is 1680.